The molecule has 0 radical (unpaired) electrons. The van der Waals surface area contributed by atoms with E-state index in [0.29, 0.717) is 16.1 Å². The minimum absolute atomic E-state index is 0.0541. The molecule has 4 heteroatoms. The lowest BCUT2D eigenvalue weighted by Crippen LogP contribution is -2.29. The molecule has 0 spiro atoms. The standard InChI is InChI=1S/C15H16BrNO2/c16-10-4-3-9(6-11(10)18)15(19)17-14-12-7-1-2-8(5-7)13(12)14/h3-4,6-8,12-14,18H,1-2,5H2,(H,17,19). The second-order valence-electron chi connectivity index (χ2n) is 6.15. The Hall–Kier alpha value is -1.03. The maximum Gasteiger partial charge on any atom is 0.251 e. The SMILES string of the molecule is O=C(NC1C2C3CCC(C3)C12)c1ccc(Br)c(O)c1. The van der Waals surface area contributed by atoms with Gasteiger partial charge < -0.3 is 10.4 Å². The van der Waals surface area contributed by atoms with Crippen molar-refractivity contribution < 1.29 is 9.90 Å². The predicted octanol–water partition coefficient (Wildman–Crippen LogP) is 2.93. The van der Waals surface area contributed by atoms with Crippen LogP contribution in [0.2, 0.25) is 0 Å². The highest BCUT2D eigenvalue weighted by Gasteiger charge is 2.65. The number of hydrogen-bond acceptors (Lipinski definition) is 2. The smallest absolute Gasteiger partial charge is 0.251 e. The number of hydrogen-bond donors (Lipinski definition) is 2. The summed E-state index contributed by atoms with van der Waals surface area (Å²) < 4.78 is 0.616. The first-order valence-corrected chi connectivity index (χ1v) is 7.74. The van der Waals surface area contributed by atoms with Crippen molar-refractivity contribution in [1.82, 2.24) is 5.32 Å². The highest BCUT2D eigenvalue weighted by Crippen LogP contribution is 2.65. The van der Waals surface area contributed by atoms with E-state index in [2.05, 4.69) is 21.2 Å². The second-order valence-corrected chi connectivity index (χ2v) is 7.01. The van der Waals surface area contributed by atoms with Gasteiger partial charge in [-0.2, -0.15) is 0 Å². The summed E-state index contributed by atoms with van der Waals surface area (Å²) in [6.07, 6.45) is 4.11. The van der Waals surface area contributed by atoms with E-state index in [1.165, 1.54) is 25.3 Å². The molecule has 100 valence electrons. The van der Waals surface area contributed by atoms with E-state index >= 15 is 0 Å². The first kappa shape index (κ1) is 11.8. The summed E-state index contributed by atoms with van der Waals surface area (Å²) in [6, 6.07) is 5.37. The highest BCUT2D eigenvalue weighted by atomic mass is 79.9. The Morgan fingerprint density at radius 2 is 1.95 bits per heavy atom. The Bertz CT molecular complexity index is 543. The Kier molecular flexibility index (Phi) is 2.47. The van der Waals surface area contributed by atoms with Crippen molar-refractivity contribution in [2.45, 2.75) is 25.3 Å². The number of phenolic OH excluding ortho intramolecular Hbond substituents is 1. The van der Waals surface area contributed by atoms with Crippen molar-refractivity contribution in [2.75, 3.05) is 0 Å². The van der Waals surface area contributed by atoms with Crippen LogP contribution in [0.1, 0.15) is 29.6 Å². The zero-order chi connectivity index (χ0) is 13.1. The van der Waals surface area contributed by atoms with Gasteiger partial charge in [0, 0.05) is 11.6 Å². The number of amides is 1. The average Bonchev–Trinajstić information content (AvgIpc) is 2.81. The lowest BCUT2D eigenvalue weighted by atomic mass is 10.0. The van der Waals surface area contributed by atoms with E-state index in [9.17, 15) is 9.90 Å². The van der Waals surface area contributed by atoms with Crippen molar-refractivity contribution in [2.24, 2.45) is 23.7 Å². The zero-order valence-corrected chi connectivity index (χ0v) is 12.1. The molecule has 4 atom stereocenters. The minimum Gasteiger partial charge on any atom is -0.507 e. The van der Waals surface area contributed by atoms with Gasteiger partial charge in [0.1, 0.15) is 5.75 Å². The van der Waals surface area contributed by atoms with E-state index in [0.717, 1.165) is 23.7 Å². The fraction of sp³-hybridized carbons (Fsp3) is 0.533. The Labute approximate surface area is 120 Å². The summed E-state index contributed by atoms with van der Waals surface area (Å²) in [4.78, 5) is 12.2. The van der Waals surface area contributed by atoms with Gasteiger partial charge in [-0.15, -0.1) is 0 Å². The Morgan fingerprint density at radius 3 is 2.58 bits per heavy atom. The van der Waals surface area contributed by atoms with Gasteiger partial charge in [-0.3, -0.25) is 4.79 Å². The van der Waals surface area contributed by atoms with E-state index in [1.54, 1.807) is 12.1 Å². The number of phenols is 1. The monoisotopic (exact) mass is 321 g/mol. The average molecular weight is 322 g/mol. The molecule has 1 aromatic carbocycles. The van der Waals surface area contributed by atoms with Crippen LogP contribution in [0.25, 0.3) is 0 Å². The molecule has 19 heavy (non-hydrogen) atoms. The lowest BCUT2D eigenvalue weighted by Gasteiger charge is -2.11. The molecule has 3 aliphatic carbocycles. The van der Waals surface area contributed by atoms with E-state index in [1.807, 2.05) is 0 Å². The number of carbonyl (C=O) groups is 1. The molecule has 0 aromatic heterocycles. The number of aromatic hydroxyl groups is 1. The van der Waals surface area contributed by atoms with Crippen molar-refractivity contribution in [3.63, 3.8) is 0 Å². The number of fused-ring (bicyclic) bond motifs is 5. The minimum atomic E-state index is -0.0541. The van der Waals surface area contributed by atoms with Gasteiger partial charge in [0.15, 0.2) is 0 Å². The van der Waals surface area contributed by atoms with Crippen LogP contribution >= 0.6 is 15.9 Å². The van der Waals surface area contributed by atoms with Gasteiger partial charge in [-0.25, -0.2) is 0 Å². The topological polar surface area (TPSA) is 49.3 Å². The van der Waals surface area contributed by atoms with Crippen molar-refractivity contribution in [3.8, 4) is 5.75 Å². The molecule has 1 aromatic rings. The van der Waals surface area contributed by atoms with Crippen molar-refractivity contribution in [3.05, 3.63) is 28.2 Å². The fourth-order valence-electron chi connectivity index (χ4n) is 4.41. The molecule has 4 rings (SSSR count). The summed E-state index contributed by atoms with van der Waals surface area (Å²) in [5, 5.41) is 12.8. The molecular weight excluding hydrogens is 306 g/mol. The molecule has 0 heterocycles. The number of halogens is 1. The van der Waals surface area contributed by atoms with Gasteiger partial charge in [0.05, 0.1) is 4.47 Å². The van der Waals surface area contributed by atoms with Crippen LogP contribution in [0.15, 0.2) is 22.7 Å². The van der Waals surface area contributed by atoms with Crippen molar-refractivity contribution >= 4 is 21.8 Å². The van der Waals surface area contributed by atoms with Gasteiger partial charge in [-0.1, -0.05) is 0 Å². The van der Waals surface area contributed by atoms with Gasteiger partial charge in [0.2, 0.25) is 0 Å². The Balaban J connectivity index is 1.46. The van der Waals surface area contributed by atoms with Crippen LogP contribution in [0.4, 0.5) is 0 Å². The van der Waals surface area contributed by atoms with E-state index in [4.69, 9.17) is 0 Å². The summed E-state index contributed by atoms with van der Waals surface area (Å²) >= 11 is 3.22. The first-order chi connectivity index (χ1) is 9.15. The molecule has 2 bridgehead atoms. The van der Waals surface area contributed by atoms with Crippen LogP contribution in [-0.2, 0) is 0 Å². The molecule has 3 nitrogen and oxygen atoms in total. The number of nitrogens with one attached hydrogen (secondary N) is 1. The summed E-state index contributed by atoms with van der Waals surface area (Å²) in [7, 11) is 0. The number of benzene rings is 1. The first-order valence-electron chi connectivity index (χ1n) is 6.94. The van der Waals surface area contributed by atoms with Gasteiger partial charge in [-0.05, 0) is 77.1 Å². The van der Waals surface area contributed by atoms with Crippen LogP contribution in [-0.4, -0.2) is 17.1 Å². The summed E-state index contributed by atoms with van der Waals surface area (Å²) in [5.41, 5.74) is 0.540. The molecule has 3 aliphatic rings. The molecule has 1 amide bonds. The van der Waals surface area contributed by atoms with Crippen LogP contribution in [0, 0.1) is 23.7 Å². The molecule has 3 fully saturated rings. The molecule has 4 unspecified atom stereocenters. The second kappa shape index (κ2) is 3.98. The largest absolute Gasteiger partial charge is 0.507 e. The van der Waals surface area contributed by atoms with Crippen molar-refractivity contribution in [1.29, 1.82) is 0 Å². The Morgan fingerprint density at radius 1 is 1.26 bits per heavy atom. The number of rotatable bonds is 2. The number of carbonyl (C=O) groups excluding carboxylic acids is 1. The third-order valence-electron chi connectivity index (χ3n) is 5.24. The molecule has 0 saturated heterocycles. The van der Waals surface area contributed by atoms with Gasteiger partial charge in [0.25, 0.3) is 5.91 Å². The van der Waals surface area contributed by atoms with Crippen LogP contribution in [0.3, 0.4) is 0 Å². The summed E-state index contributed by atoms with van der Waals surface area (Å²) in [6.45, 7) is 0. The maximum atomic E-state index is 12.2. The quantitative estimate of drug-likeness (QED) is 0.879. The highest BCUT2D eigenvalue weighted by molar-refractivity contribution is 9.10. The van der Waals surface area contributed by atoms with Crippen LogP contribution in [0.5, 0.6) is 5.75 Å². The zero-order valence-electron chi connectivity index (χ0n) is 10.5. The molecular formula is C15H16BrNO2. The normalized spacial score (nSPS) is 38.1. The maximum absolute atomic E-state index is 12.2. The molecule has 0 aliphatic heterocycles. The summed E-state index contributed by atoms with van der Waals surface area (Å²) in [5.74, 6) is 3.26. The third kappa shape index (κ3) is 1.72. The third-order valence-corrected chi connectivity index (χ3v) is 5.91. The molecule has 3 saturated carbocycles. The van der Waals surface area contributed by atoms with Crippen LogP contribution < -0.4 is 5.32 Å². The lowest BCUT2D eigenvalue weighted by molar-refractivity contribution is 0.0944. The van der Waals surface area contributed by atoms with E-state index in [-0.39, 0.29) is 11.7 Å². The van der Waals surface area contributed by atoms with Gasteiger partial charge >= 0.3 is 0 Å². The predicted molar refractivity (Wildman–Crippen MR) is 74.9 cm³/mol. The fourth-order valence-corrected chi connectivity index (χ4v) is 4.65. The molecule has 2 N–H and O–H groups in total. The van der Waals surface area contributed by atoms with E-state index < -0.39 is 0 Å².